The third-order valence-electron chi connectivity index (χ3n) is 3.26. The molecule has 1 fully saturated rings. The van der Waals surface area contributed by atoms with Crippen molar-refractivity contribution in [3.05, 3.63) is 35.4 Å². The summed E-state index contributed by atoms with van der Waals surface area (Å²) in [5, 5.41) is 2.79. The van der Waals surface area contributed by atoms with Crippen LogP contribution in [0.3, 0.4) is 0 Å². The fourth-order valence-corrected chi connectivity index (χ4v) is 1.93. The van der Waals surface area contributed by atoms with E-state index in [-0.39, 0.29) is 11.1 Å². The van der Waals surface area contributed by atoms with Crippen molar-refractivity contribution in [1.29, 1.82) is 0 Å². The molecule has 0 atom stereocenters. The van der Waals surface area contributed by atoms with Gasteiger partial charge >= 0.3 is 0 Å². The molecule has 0 saturated heterocycles. The van der Waals surface area contributed by atoms with Gasteiger partial charge in [0.05, 0.1) is 5.54 Å². The molecule has 3 nitrogen and oxygen atoms in total. The second-order valence-corrected chi connectivity index (χ2v) is 4.42. The highest BCUT2D eigenvalue weighted by Crippen LogP contribution is 2.30. The van der Waals surface area contributed by atoms with Gasteiger partial charge in [0, 0.05) is 12.1 Å². The zero-order chi connectivity index (χ0) is 12.5. The number of carbonyl (C=O) groups is 1. The molecule has 1 amide bonds. The summed E-state index contributed by atoms with van der Waals surface area (Å²) in [5.41, 5.74) is 5.36. The third-order valence-corrected chi connectivity index (χ3v) is 3.26. The van der Waals surface area contributed by atoms with Gasteiger partial charge in [-0.15, -0.1) is 0 Å². The van der Waals surface area contributed by atoms with Crippen molar-refractivity contribution in [1.82, 2.24) is 5.32 Å². The Morgan fingerprint density at radius 3 is 2.53 bits per heavy atom. The second kappa shape index (κ2) is 4.41. The Morgan fingerprint density at radius 2 is 2.06 bits per heavy atom. The van der Waals surface area contributed by atoms with Crippen LogP contribution in [-0.2, 0) is 0 Å². The summed E-state index contributed by atoms with van der Waals surface area (Å²) in [6.07, 6.45) is 2.69. The number of amides is 1. The predicted octanol–water partition coefficient (Wildman–Crippen LogP) is 1.58. The van der Waals surface area contributed by atoms with Gasteiger partial charge in [-0.3, -0.25) is 4.79 Å². The highest BCUT2D eigenvalue weighted by Gasteiger charge is 2.37. The maximum atomic E-state index is 13.0. The van der Waals surface area contributed by atoms with Crippen LogP contribution in [0.25, 0.3) is 0 Å². The van der Waals surface area contributed by atoms with E-state index in [2.05, 4.69) is 5.32 Å². The average molecular weight is 240 g/mol. The molecular formula is C12H14F2N2O. The summed E-state index contributed by atoms with van der Waals surface area (Å²) in [4.78, 5) is 11.8. The molecule has 0 spiro atoms. The smallest absolute Gasteiger partial charge is 0.251 e. The molecule has 0 aromatic heterocycles. The van der Waals surface area contributed by atoms with Gasteiger partial charge in [0.15, 0.2) is 11.6 Å². The van der Waals surface area contributed by atoms with Crippen LogP contribution in [0.4, 0.5) is 8.78 Å². The van der Waals surface area contributed by atoms with Crippen LogP contribution in [0.1, 0.15) is 29.6 Å². The van der Waals surface area contributed by atoms with Crippen LogP contribution in [0.2, 0.25) is 0 Å². The van der Waals surface area contributed by atoms with Crippen LogP contribution in [0.15, 0.2) is 18.2 Å². The SMILES string of the molecule is NCC1(NC(=O)c2ccc(F)c(F)c2)CCC1. The van der Waals surface area contributed by atoms with Crippen LogP contribution < -0.4 is 11.1 Å². The summed E-state index contributed by atoms with van der Waals surface area (Å²) in [6.45, 7) is 0.364. The van der Waals surface area contributed by atoms with Gasteiger partial charge in [0.25, 0.3) is 5.91 Å². The van der Waals surface area contributed by atoms with E-state index in [1.807, 2.05) is 0 Å². The summed E-state index contributed by atoms with van der Waals surface area (Å²) < 4.78 is 25.7. The molecule has 17 heavy (non-hydrogen) atoms. The van der Waals surface area contributed by atoms with Crippen molar-refractivity contribution in [2.45, 2.75) is 24.8 Å². The molecule has 1 aliphatic rings. The summed E-state index contributed by atoms with van der Waals surface area (Å²) in [7, 11) is 0. The first kappa shape index (κ1) is 12.0. The van der Waals surface area contributed by atoms with Crippen LogP contribution in [0.5, 0.6) is 0 Å². The van der Waals surface area contributed by atoms with E-state index in [4.69, 9.17) is 5.73 Å². The Hall–Kier alpha value is -1.49. The Bertz CT molecular complexity index is 439. The molecule has 0 radical (unpaired) electrons. The topological polar surface area (TPSA) is 55.1 Å². The summed E-state index contributed by atoms with van der Waals surface area (Å²) >= 11 is 0. The van der Waals surface area contributed by atoms with E-state index in [0.717, 1.165) is 31.4 Å². The van der Waals surface area contributed by atoms with E-state index in [1.165, 1.54) is 6.07 Å². The molecule has 1 saturated carbocycles. The third kappa shape index (κ3) is 2.29. The lowest BCUT2D eigenvalue weighted by Crippen LogP contribution is -2.58. The molecule has 1 aromatic carbocycles. The maximum Gasteiger partial charge on any atom is 0.251 e. The number of halogens is 2. The van der Waals surface area contributed by atoms with Crippen molar-refractivity contribution < 1.29 is 13.6 Å². The summed E-state index contributed by atoms with van der Waals surface area (Å²) in [5.74, 6) is -2.39. The van der Waals surface area contributed by atoms with Crippen molar-refractivity contribution in [3.8, 4) is 0 Å². The molecule has 0 heterocycles. The maximum absolute atomic E-state index is 13.0. The first-order valence-electron chi connectivity index (χ1n) is 5.54. The molecule has 92 valence electrons. The van der Waals surface area contributed by atoms with E-state index in [9.17, 15) is 13.6 Å². The van der Waals surface area contributed by atoms with Crippen molar-refractivity contribution in [2.24, 2.45) is 5.73 Å². The minimum absolute atomic E-state index is 0.114. The summed E-state index contributed by atoms with van der Waals surface area (Å²) in [6, 6.07) is 3.10. The molecule has 0 aliphatic heterocycles. The second-order valence-electron chi connectivity index (χ2n) is 4.42. The van der Waals surface area contributed by atoms with Gasteiger partial charge in [-0.1, -0.05) is 0 Å². The number of nitrogens with two attached hydrogens (primary N) is 1. The molecule has 1 aromatic rings. The molecule has 1 aliphatic carbocycles. The first-order valence-corrected chi connectivity index (χ1v) is 5.54. The molecule has 2 rings (SSSR count). The molecule has 0 bridgehead atoms. The zero-order valence-corrected chi connectivity index (χ0v) is 9.30. The molecule has 3 N–H and O–H groups in total. The fourth-order valence-electron chi connectivity index (χ4n) is 1.93. The molecule has 0 unspecified atom stereocenters. The average Bonchev–Trinajstić information content (AvgIpc) is 2.27. The van der Waals surface area contributed by atoms with E-state index < -0.39 is 17.5 Å². The lowest BCUT2D eigenvalue weighted by atomic mass is 9.76. The Morgan fingerprint density at radius 1 is 1.35 bits per heavy atom. The number of carbonyl (C=O) groups excluding carboxylic acids is 1. The number of rotatable bonds is 3. The lowest BCUT2D eigenvalue weighted by Gasteiger charge is -2.41. The monoisotopic (exact) mass is 240 g/mol. The molecular weight excluding hydrogens is 226 g/mol. The van der Waals surface area contributed by atoms with E-state index in [0.29, 0.717) is 6.54 Å². The minimum Gasteiger partial charge on any atom is -0.345 e. The Kier molecular flexibility index (Phi) is 3.11. The zero-order valence-electron chi connectivity index (χ0n) is 9.30. The normalized spacial score (nSPS) is 17.4. The fraction of sp³-hybridized carbons (Fsp3) is 0.417. The Labute approximate surface area is 98.0 Å². The Balaban J connectivity index is 2.11. The van der Waals surface area contributed by atoms with Gasteiger partial charge in [-0.2, -0.15) is 0 Å². The number of nitrogens with one attached hydrogen (secondary N) is 1. The largest absolute Gasteiger partial charge is 0.345 e. The van der Waals surface area contributed by atoms with Gasteiger partial charge in [-0.25, -0.2) is 8.78 Å². The minimum atomic E-state index is -1.02. The van der Waals surface area contributed by atoms with Gasteiger partial charge in [0.1, 0.15) is 0 Å². The van der Waals surface area contributed by atoms with Crippen molar-refractivity contribution in [3.63, 3.8) is 0 Å². The van der Waals surface area contributed by atoms with Crippen LogP contribution in [-0.4, -0.2) is 18.0 Å². The van der Waals surface area contributed by atoms with Crippen LogP contribution >= 0.6 is 0 Å². The van der Waals surface area contributed by atoms with Gasteiger partial charge in [0.2, 0.25) is 0 Å². The first-order chi connectivity index (χ1) is 8.06. The van der Waals surface area contributed by atoms with Crippen molar-refractivity contribution >= 4 is 5.91 Å². The van der Waals surface area contributed by atoms with Crippen LogP contribution in [0, 0.1) is 11.6 Å². The predicted molar refractivity (Wildman–Crippen MR) is 59.5 cm³/mol. The van der Waals surface area contributed by atoms with Gasteiger partial charge in [-0.05, 0) is 37.5 Å². The highest BCUT2D eigenvalue weighted by molar-refractivity contribution is 5.94. The van der Waals surface area contributed by atoms with E-state index >= 15 is 0 Å². The molecule has 5 heteroatoms. The van der Waals surface area contributed by atoms with E-state index in [1.54, 1.807) is 0 Å². The van der Waals surface area contributed by atoms with Gasteiger partial charge < -0.3 is 11.1 Å². The number of benzene rings is 1. The quantitative estimate of drug-likeness (QED) is 0.842. The number of hydrogen-bond acceptors (Lipinski definition) is 2. The standard InChI is InChI=1S/C12H14F2N2O/c13-9-3-2-8(6-10(9)14)11(17)16-12(7-15)4-1-5-12/h2-3,6H,1,4-5,7,15H2,(H,16,17). The lowest BCUT2D eigenvalue weighted by molar-refractivity contribution is 0.0837. The van der Waals surface area contributed by atoms with Crippen molar-refractivity contribution in [2.75, 3.05) is 6.54 Å². The highest BCUT2D eigenvalue weighted by atomic mass is 19.2. The number of hydrogen-bond donors (Lipinski definition) is 2.